The summed E-state index contributed by atoms with van der Waals surface area (Å²) in [5.41, 5.74) is 2.63. The SMILES string of the molecule is O=C(O)c1cccc(CN2C(=O)N(Cc3cccc([N+](=O)[O-])c3)[C@H](Cc3ccccc3)[C@H](O)[C@@H](O)[C@H]2Cc2ccccc2)c1. The van der Waals surface area contributed by atoms with Crippen LogP contribution in [0.2, 0.25) is 0 Å². The molecule has 0 radical (unpaired) electrons. The molecule has 0 saturated carbocycles. The number of carboxylic acids is 1. The average Bonchev–Trinajstić information content (AvgIpc) is 3.09. The molecule has 1 aliphatic rings. The first-order chi connectivity index (χ1) is 21.2. The maximum atomic E-state index is 14.7. The first-order valence-electron chi connectivity index (χ1n) is 14.3. The van der Waals surface area contributed by atoms with Crippen LogP contribution < -0.4 is 0 Å². The maximum absolute atomic E-state index is 14.7. The highest BCUT2D eigenvalue weighted by atomic mass is 16.6. The molecule has 1 fully saturated rings. The minimum absolute atomic E-state index is 0.0370. The minimum Gasteiger partial charge on any atom is -0.478 e. The van der Waals surface area contributed by atoms with E-state index in [2.05, 4.69) is 0 Å². The van der Waals surface area contributed by atoms with Gasteiger partial charge in [-0.3, -0.25) is 10.1 Å². The molecule has 1 heterocycles. The van der Waals surface area contributed by atoms with Gasteiger partial charge in [-0.2, -0.15) is 0 Å². The molecule has 0 spiro atoms. The first-order valence-corrected chi connectivity index (χ1v) is 14.3. The molecular formula is C34H33N3O7. The van der Waals surface area contributed by atoms with Gasteiger partial charge in [0, 0.05) is 25.2 Å². The number of aromatic carboxylic acids is 1. The summed E-state index contributed by atoms with van der Waals surface area (Å²) < 4.78 is 0. The van der Waals surface area contributed by atoms with Crippen LogP contribution in [-0.4, -0.2) is 66.3 Å². The molecule has 2 amide bonds. The number of nitro benzene ring substituents is 1. The van der Waals surface area contributed by atoms with E-state index in [-0.39, 0.29) is 37.2 Å². The van der Waals surface area contributed by atoms with Crippen molar-refractivity contribution in [1.29, 1.82) is 0 Å². The third-order valence-corrected chi connectivity index (χ3v) is 8.01. The Morgan fingerprint density at radius 3 is 1.61 bits per heavy atom. The Morgan fingerprint density at radius 1 is 0.682 bits per heavy atom. The van der Waals surface area contributed by atoms with Crippen molar-refractivity contribution in [2.75, 3.05) is 0 Å². The second-order valence-corrected chi connectivity index (χ2v) is 11.0. The number of nitrogens with zero attached hydrogens (tertiary/aromatic N) is 3. The number of benzene rings is 4. The zero-order valence-corrected chi connectivity index (χ0v) is 23.8. The predicted molar refractivity (Wildman–Crippen MR) is 163 cm³/mol. The van der Waals surface area contributed by atoms with Crippen molar-refractivity contribution in [2.24, 2.45) is 0 Å². The summed E-state index contributed by atoms with van der Waals surface area (Å²) >= 11 is 0. The summed E-state index contributed by atoms with van der Waals surface area (Å²) in [5.74, 6) is -1.11. The quantitative estimate of drug-likeness (QED) is 0.178. The van der Waals surface area contributed by atoms with E-state index in [0.717, 1.165) is 11.1 Å². The second kappa shape index (κ2) is 13.5. The van der Waals surface area contributed by atoms with E-state index in [1.54, 1.807) is 24.3 Å². The normalized spacial score (nSPS) is 20.3. The average molecular weight is 596 g/mol. The lowest BCUT2D eigenvalue weighted by Crippen LogP contribution is -2.50. The Morgan fingerprint density at radius 2 is 1.14 bits per heavy atom. The zero-order chi connectivity index (χ0) is 31.2. The molecule has 10 nitrogen and oxygen atoms in total. The number of amides is 2. The smallest absolute Gasteiger partial charge is 0.335 e. The molecule has 226 valence electrons. The zero-order valence-electron chi connectivity index (χ0n) is 23.8. The summed E-state index contributed by atoms with van der Waals surface area (Å²) in [6.45, 7) is -0.101. The summed E-state index contributed by atoms with van der Waals surface area (Å²) in [6.07, 6.45) is -2.29. The number of carbonyl (C=O) groups excluding carboxylic acids is 1. The molecule has 0 bridgehead atoms. The van der Waals surface area contributed by atoms with Crippen LogP contribution in [0.25, 0.3) is 0 Å². The monoisotopic (exact) mass is 595 g/mol. The number of carbonyl (C=O) groups is 2. The lowest BCUT2D eigenvalue weighted by atomic mass is 9.91. The van der Waals surface area contributed by atoms with Gasteiger partial charge in [-0.05, 0) is 47.2 Å². The molecule has 4 aromatic carbocycles. The van der Waals surface area contributed by atoms with Crippen molar-refractivity contribution in [3.63, 3.8) is 0 Å². The largest absolute Gasteiger partial charge is 0.478 e. The Labute approximate surface area is 254 Å². The van der Waals surface area contributed by atoms with Crippen LogP contribution in [0.4, 0.5) is 10.5 Å². The van der Waals surface area contributed by atoms with E-state index in [1.165, 1.54) is 34.1 Å². The molecule has 0 aromatic heterocycles. The van der Waals surface area contributed by atoms with Gasteiger partial charge in [0.05, 0.1) is 22.6 Å². The molecule has 5 rings (SSSR count). The molecule has 1 aliphatic heterocycles. The first kappa shape index (κ1) is 30.4. The number of non-ortho nitro benzene ring substituents is 1. The van der Waals surface area contributed by atoms with Gasteiger partial charge < -0.3 is 25.1 Å². The Kier molecular flexibility index (Phi) is 9.32. The van der Waals surface area contributed by atoms with Crippen LogP contribution in [0.1, 0.15) is 32.6 Å². The number of nitro groups is 1. The standard InChI is InChI=1S/C34H33N3O7/c38-31-29(19-23-9-3-1-4-10-23)35(21-25-13-7-15-27(17-25)33(40)41)34(42)36(22-26-14-8-16-28(18-26)37(43)44)30(32(31)39)20-24-11-5-2-6-12-24/h1-18,29-32,38-39H,19-22H2,(H,40,41)/t29-,30-,31+,32+/m1/s1. The van der Waals surface area contributed by atoms with Gasteiger partial charge in [0.15, 0.2) is 0 Å². The van der Waals surface area contributed by atoms with Crippen molar-refractivity contribution in [1.82, 2.24) is 9.80 Å². The predicted octanol–water partition coefficient (Wildman–Crippen LogP) is 4.68. The summed E-state index contributed by atoms with van der Waals surface area (Å²) in [6, 6.07) is 28.6. The molecule has 3 N–H and O–H groups in total. The number of aliphatic hydroxyl groups excluding tert-OH is 2. The van der Waals surface area contributed by atoms with E-state index in [9.17, 15) is 35.0 Å². The topological polar surface area (TPSA) is 144 Å². The number of hydrogen-bond donors (Lipinski definition) is 3. The fourth-order valence-electron chi connectivity index (χ4n) is 5.78. The van der Waals surface area contributed by atoms with Crippen LogP contribution in [0.5, 0.6) is 0 Å². The molecule has 0 aliphatic carbocycles. The van der Waals surface area contributed by atoms with Gasteiger partial charge in [-0.15, -0.1) is 0 Å². The van der Waals surface area contributed by atoms with Gasteiger partial charge in [0.2, 0.25) is 0 Å². The van der Waals surface area contributed by atoms with Crippen molar-refractivity contribution < 1.29 is 29.8 Å². The Hall–Kier alpha value is -5.06. The van der Waals surface area contributed by atoms with E-state index in [1.807, 2.05) is 60.7 Å². The molecule has 44 heavy (non-hydrogen) atoms. The van der Waals surface area contributed by atoms with Crippen molar-refractivity contribution in [2.45, 2.75) is 50.2 Å². The number of hydrogen-bond acceptors (Lipinski definition) is 6. The van der Waals surface area contributed by atoms with Crippen molar-refractivity contribution in [3.05, 3.63) is 147 Å². The highest BCUT2D eigenvalue weighted by Gasteiger charge is 2.46. The second-order valence-electron chi connectivity index (χ2n) is 11.0. The summed E-state index contributed by atoms with van der Waals surface area (Å²) in [7, 11) is 0. The number of urea groups is 1. The summed E-state index contributed by atoms with van der Waals surface area (Å²) in [4.78, 5) is 40.3. The third-order valence-electron chi connectivity index (χ3n) is 8.01. The van der Waals surface area contributed by atoms with Crippen LogP contribution in [-0.2, 0) is 25.9 Å². The van der Waals surface area contributed by atoms with Crippen LogP contribution in [0, 0.1) is 10.1 Å². The number of carboxylic acid groups (broad SMARTS) is 1. The van der Waals surface area contributed by atoms with Gasteiger partial charge in [0.1, 0.15) is 12.2 Å². The number of aliphatic hydroxyl groups is 2. The van der Waals surface area contributed by atoms with Crippen molar-refractivity contribution >= 4 is 17.7 Å². The molecule has 0 unspecified atom stereocenters. The van der Waals surface area contributed by atoms with E-state index in [4.69, 9.17) is 0 Å². The highest BCUT2D eigenvalue weighted by Crippen LogP contribution is 2.30. The lowest BCUT2D eigenvalue weighted by Gasteiger charge is -2.36. The van der Waals surface area contributed by atoms with E-state index in [0.29, 0.717) is 11.1 Å². The molecule has 4 aromatic rings. The van der Waals surface area contributed by atoms with Gasteiger partial charge in [-0.1, -0.05) is 84.9 Å². The molecule has 10 heteroatoms. The fraction of sp³-hybridized carbons (Fsp3) is 0.235. The van der Waals surface area contributed by atoms with E-state index < -0.39 is 41.2 Å². The van der Waals surface area contributed by atoms with Crippen LogP contribution in [0.15, 0.2) is 109 Å². The van der Waals surface area contributed by atoms with E-state index >= 15 is 0 Å². The number of rotatable bonds is 10. The van der Waals surface area contributed by atoms with Gasteiger partial charge in [0.25, 0.3) is 5.69 Å². The maximum Gasteiger partial charge on any atom is 0.335 e. The van der Waals surface area contributed by atoms with Gasteiger partial charge >= 0.3 is 12.0 Å². The van der Waals surface area contributed by atoms with Crippen LogP contribution in [0.3, 0.4) is 0 Å². The Balaban J connectivity index is 1.61. The van der Waals surface area contributed by atoms with Gasteiger partial charge in [-0.25, -0.2) is 9.59 Å². The third kappa shape index (κ3) is 6.94. The molecule has 4 atom stereocenters. The lowest BCUT2D eigenvalue weighted by molar-refractivity contribution is -0.384. The van der Waals surface area contributed by atoms with Crippen molar-refractivity contribution in [3.8, 4) is 0 Å². The molecule has 1 saturated heterocycles. The Bertz CT molecular complexity index is 1500. The summed E-state index contributed by atoms with van der Waals surface area (Å²) in [5, 5.41) is 44.6. The van der Waals surface area contributed by atoms with Crippen LogP contribution >= 0.6 is 0 Å². The molecular weight excluding hydrogens is 562 g/mol. The minimum atomic E-state index is -1.37. The fourth-order valence-corrected chi connectivity index (χ4v) is 5.78. The highest BCUT2D eigenvalue weighted by molar-refractivity contribution is 5.87.